The van der Waals surface area contributed by atoms with Gasteiger partial charge in [0.1, 0.15) is 5.82 Å². The Balaban J connectivity index is 1.64. The molecule has 2 saturated heterocycles. The van der Waals surface area contributed by atoms with Gasteiger partial charge in [-0.25, -0.2) is 4.39 Å². The van der Waals surface area contributed by atoms with Crippen molar-refractivity contribution in [1.29, 1.82) is 0 Å². The molecule has 2 aromatic carbocycles. The summed E-state index contributed by atoms with van der Waals surface area (Å²) in [5, 5.41) is 0. The second-order valence-corrected chi connectivity index (χ2v) is 10.9. The fraction of sp³-hybridized carbons (Fsp3) is 0.517. The van der Waals surface area contributed by atoms with Crippen molar-refractivity contribution in [3.05, 3.63) is 70.0 Å². The van der Waals surface area contributed by atoms with Crippen LogP contribution in [0.5, 0.6) is 0 Å². The van der Waals surface area contributed by atoms with Crippen molar-refractivity contribution in [3.63, 3.8) is 0 Å². The lowest BCUT2D eigenvalue weighted by molar-refractivity contribution is -0.143. The Morgan fingerprint density at radius 2 is 1.46 bits per heavy atom. The second kappa shape index (κ2) is 11.6. The Hall–Kier alpha value is -3.15. The number of halogens is 7. The van der Waals surface area contributed by atoms with Crippen LogP contribution in [0.4, 0.5) is 30.7 Å². The number of rotatable bonds is 4. The maximum absolute atomic E-state index is 14.1. The Bertz CT molecular complexity index is 1250. The van der Waals surface area contributed by atoms with E-state index in [2.05, 4.69) is 4.90 Å². The van der Waals surface area contributed by atoms with E-state index in [-0.39, 0.29) is 23.9 Å². The number of carbonyl (C=O) groups is 2. The molecule has 12 heteroatoms. The number of alkyl halides is 6. The van der Waals surface area contributed by atoms with E-state index in [0.29, 0.717) is 50.3 Å². The molecule has 2 unspecified atom stereocenters. The van der Waals surface area contributed by atoms with Crippen LogP contribution >= 0.6 is 0 Å². The van der Waals surface area contributed by atoms with Gasteiger partial charge in [0.25, 0.3) is 5.91 Å². The first kappa shape index (κ1) is 30.8. The van der Waals surface area contributed by atoms with Crippen LogP contribution in [-0.2, 0) is 17.1 Å². The third kappa shape index (κ3) is 6.85. The van der Waals surface area contributed by atoms with E-state index in [0.717, 1.165) is 18.4 Å². The summed E-state index contributed by atoms with van der Waals surface area (Å²) in [6.07, 6.45) is -8.25. The number of likely N-dealkylation sites (N-methyl/N-ethyl adjacent to an activating group) is 1. The number of benzene rings is 2. The smallest absolute Gasteiger partial charge is 0.343 e. The predicted octanol–water partition coefficient (Wildman–Crippen LogP) is 6.11. The third-order valence-corrected chi connectivity index (χ3v) is 8.30. The van der Waals surface area contributed by atoms with Gasteiger partial charge in [-0.3, -0.25) is 14.5 Å². The van der Waals surface area contributed by atoms with Crippen LogP contribution in [0, 0.1) is 12.7 Å². The third-order valence-electron chi connectivity index (χ3n) is 8.30. The summed E-state index contributed by atoms with van der Waals surface area (Å²) in [5.41, 5.74) is -2.71. The second-order valence-electron chi connectivity index (χ2n) is 10.9. The molecule has 0 saturated carbocycles. The number of hydrogen-bond acceptors (Lipinski definition) is 3. The molecule has 4 rings (SSSR count). The predicted molar refractivity (Wildman–Crippen MR) is 138 cm³/mol. The lowest BCUT2D eigenvalue weighted by Gasteiger charge is -2.47. The number of nitrogens with zero attached hydrogens (tertiary/aromatic N) is 3. The lowest BCUT2D eigenvalue weighted by atomic mass is 9.83. The Kier molecular flexibility index (Phi) is 8.73. The molecule has 0 radical (unpaired) electrons. The number of hydrogen-bond donors (Lipinski definition) is 0. The lowest BCUT2D eigenvalue weighted by Crippen LogP contribution is -2.55. The Morgan fingerprint density at radius 1 is 0.878 bits per heavy atom. The summed E-state index contributed by atoms with van der Waals surface area (Å²) < 4.78 is 94.8. The molecule has 2 aliphatic rings. The Morgan fingerprint density at radius 3 is 1.98 bits per heavy atom. The highest BCUT2D eigenvalue weighted by molar-refractivity contribution is 5.95. The van der Waals surface area contributed by atoms with Crippen LogP contribution in [0.3, 0.4) is 0 Å². The van der Waals surface area contributed by atoms with E-state index < -0.39 is 46.8 Å². The van der Waals surface area contributed by atoms with Crippen molar-refractivity contribution >= 4 is 11.8 Å². The van der Waals surface area contributed by atoms with E-state index >= 15 is 0 Å². The molecule has 2 atom stereocenters. The minimum Gasteiger partial charge on any atom is -0.343 e. The molecule has 0 bridgehead atoms. The summed E-state index contributed by atoms with van der Waals surface area (Å²) in [6, 6.07) is 5.07. The van der Waals surface area contributed by atoms with Gasteiger partial charge >= 0.3 is 12.4 Å². The van der Waals surface area contributed by atoms with Gasteiger partial charge in [-0.15, -0.1) is 0 Å². The fourth-order valence-electron chi connectivity index (χ4n) is 5.96. The molecule has 2 heterocycles. The normalized spacial score (nSPS) is 21.2. The van der Waals surface area contributed by atoms with E-state index in [9.17, 15) is 40.3 Å². The molecule has 2 aliphatic heterocycles. The van der Waals surface area contributed by atoms with Crippen molar-refractivity contribution in [3.8, 4) is 0 Å². The average molecular weight is 588 g/mol. The first-order chi connectivity index (χ1) is 19.1. The molecule has 5 nitrogen and oxygen atoms in total. The number of piperidine rings is 2. The van der Waals surface area contributed by atoms with Crippen molar-refractivity contribution in [1.82, 2.24) is 14.7 Å². The minimum atomic E-state index is -5.08. The molecule has 0 aliphatic carbocycles. The largest absolute Gasteiger partial charge is 0.416 e. The minimum absolute atomic E-state index is 0.00321. The van der Waals surface area contributed by atoms with Gasteiger partial charge in [0.05, 0.1) is 11.1 Å². The highest BCUT2D eigenvalue weighted by Gasteiger charge is 2.41. The highest BCUT2D eigenvalue weighted by atomic mass is 19.4. The monoisotopic (exact) mass is 587 g/mol. The molecular formula is C29H32F7N3O2. The molecule has 224 valence electrons. The molecular weight excluding hydrogens is 555 g/mol. The van der Waals surface area contributed by atoms with Gasteiger partial charge in [-0.1, -0.05) is 12.1 Å². The van der Waals surface area contributed by atoms with E-state index in [4.69, 9.17) is 0 Å². The Labute approximate surface area is 233 Å². The fourth-order valence-corrected chi connectivity index (χ4v) is 5.96. The first-order valence-corrected chi connectivity index (χ1v) is 13.4. The van der Waals surface area contributed by atoms with Gasteiger partial charge in [-0.2, -0.15) is 26.3 Å². The van der Waals surface area contributed by atoms with Crippen molar-refractivity contribution < 1.29 is 40.3 Å². The molecule has 2 fully saturated rings. The standard InChI is InChI=1S/C29H32F7N3O2/c1-17-12-19(4-5-25(17)30)24-16-39(23-6-9-38(10-7-23)18(2)40)11-8-26(24)37(3)27(41)20-13-21(28(31,32)33)15-22(14-20)29(34,35)36/h4-5,12-15,23-24,26H,6-11,16H2,1-3H3. The maximum atomic E-state index is 14.1. The van der Waals surface area contributed by atoms with Crippen molar-refractivity contribution in [2.75, 3.05) is 33.2 Å². The molecule has 2 amide bonds. The van der Waals surface area contributed by atoms with E-state index in [1.807, 2.05) is 0 Å². The van der Waals surface area contributed by atoms with Gasteiger partial charge < -0.3 is 9.80 Å². The SMILES string of the molecule is CC(=O)N1CCC(N2CCC(N(C)C(=O)c3cc(C(F)(F)F)cc(C(F)(F)F)c3)C(c3ccc(F)c(C)c3)C2)CC1. The first-order valence-electron chi connectivity index (χ1n) is 13.4. The highest BCUT2D eigenvalue weighted by Crippen LogP contribution is 2.38. The summed E-state index contributed by atoms with van der Waals surface area (Å²) in [5.74, 6) is -1.75. The van der Waals surface area contributed by atoms with Crippen LogP contribution < -0.4 is 0 Å². The van der Waals surface area contributed by atoms with Crippen molar-refractivity contribution in [2.24, 2.45) is 0 Å². The van der Waals surface area contributed by atoms with E-state index in [1.54, 1.807) is 24.0 Å². The molecule has 41 heavy (non-hydrogen) atoms. The summed E-state index contributed by atoms with van der Waals surface area (Å²) in [6.45, 7) is 5.33. The zero-order valence-electron chi connectivity index (χ0n) is 22.9. The maximum Gasteiger partial charge on any atom is 0.416 e. The summed E-state index contributed by atoms with van der Waals surface area (Å²) in [4.78, 5) is 30.5. The zero-order chi connectivity index (χ0) is 30.3. The summed E-state index contributed by atoms with van der Waals surface area (Å²) in [7, 11) is 1.38. The molecule has 0 aromatic heterocycles. The van der Waals surface area contributed by atoms with Gasteiger partial charge in [-0.05, 0) is 61.6 Å². The molecule has 2 aromatic rings. The van der Waals surface area contributed by atoms with Gasteiger partial charge in [0, 0.05) is 63.7 Å². The van der Waals surface area contributed by atoms with E-state index in [1.165, 1.54) is 24.9 Å². The average Bonchev–Trinajstić information content (AvgIpc) is 2.92. The number of aryl methyl sites for hydroxylation is 1. The number of likely N-dealkylation sites (tertiary alicyclic amines) is 2. The van der Waals surface area contributed by atoms with Crippen molar-refractivity contribution in [2.45, 2.75) is 63.5 Å². The molecule has 0 spiro atoms. The van der Waals surface area contributed by atoms with Crippen LogP contribution in [-0.4, -0.2) is 71.8 Å². The van der Waals surface area contributed by atoms with Gasteiger partial charge in [0.2, 0.25) is 5.91 Å². The number of carbonyl (C=O) groups excluding carboxylic acids is 2. The van der Waals surface area contributed by atoms with Gasteiger partial charge in [0.15, 0.2) is 0 Å². The van der Waals surface area contributed by atoms with Crippen LogP contribution in [0.25, 0.3) is 0 Å². The topological polar surface area (TPSA) is 43.9 Å². The molecule has 0 N–H and O–H groups in total. The zero-order valence-corrected chi connectivity index (χ0v) is 22.9. The summed E-state index contributed by atoms with van der Waals surface area (Å²) >= 11 is 0. The van der Waals surface area contributed by atoms with Crippen LogP contribution in [0.1, 0.15) is 64.7 Å². The quantitative estimate of drug-likeness (QED) is 0.406. The van der Waals surface area contributed by atoms with Crippen LogP contribution in [0.15, 0.2) is 36.4 Å². The number of amides is 2. The van der Waals surface area contributed by atoms with Crippen LogP contribution in [0.2, 0.25) is 0 Å².